The molecule has 144 valence electrons. The van der Waals surface area contributed by atoms with Crippen molar-refractivity contribution in [3.05, 3.63) is 47.0 Å². The highest BCUT2D eigenvalue weighted by molar-refractivity contribution is 7.89. The molecule has 0 spiro atoms. The molecule has 9 heteroatoms. The Labute approximate surface area is 160 Å². The third-order valence-electron chi connectivity index (χ3n) is 4.81. The van der Waals surface area contributed by atoms with E-state index >= 15 is 0 Å². The van der Waals surface area contributed by atoms with Gasteiger partial charge in [-0.1, -0.05) is 6.07 Å². The van der Waals surface area contributed by atoms with E-state index in [2.05, 4.69) is 10.00 Å². The minimum absolute atomic E-state index is 0. The highest BCUT2D eigenvalue weighted by Crippen LogP contribution is 2.20. The van der Waals surface area contributed by atoms with Crippen LogP contribution >= 0.6 is 12.4 Å². The molecule has 1 aliphatic rings. The summed E-state index contributed by atoms with van der Waals surface area (Å²) in [7, 11) is -1.72. The van der Waals surface area contributed by atoms with Gasteiger partial charge in [0.2, 0.25) is 10.0 Å². The molecule has 0 unspecified atom stereocenters. The van der Waals surface area contributed by atoms with E-state index in [0.717, 1.165) is 24.0 Å². The lowest BCUT2D eigenvalue weighted by molar-refractivity contribution is 0.181. The molecule has 1 aromatic heterocycles. The zero-order valence-electron chi connectivity index (χ0n) is 15.1. The van der Waals surface area contributed by atoms with Crippen LogP contribution in [-0.2, 0) is 23.6 Å². The molecule has 1 aliphatic heterocycles. The van der Waals surface area contributed by atoms with Gasteiger partial charge in [-0.15, -0.1) is 12.4 Å². The van der Waals surface area contributed by atoms with Gasteiger partial charge in [0.25, 0.3) is 0 Å². The van der Waals surface area contributed by atoms with E-state index in [1.807, 2.05) is 25.6 Å². The fourth-order valence-corrected chi connectivity index (χ4v) is 4.63. The predicted octanol–water partition coefficient (Wildman–Crippen LogP) is 2.10. The van der Waals surface area contributed by atoms with Crippen LogP contribution in [0.4, 0.5) is 4.39 Å². The second-order valence-electron chi connectivity index (χ2n) is 6.41. The average Bonchev–Trinajstić information content (AvgIpc) is 2.82. The van der Waals surface area contributed by atoms with E-state index in [1.165, 1.54) is 28.1 Å². The van der Waals surface area contributed by atoms with Crippen molar-refractivity contribution in [2.24, 2.45) is 7.05 Å². The number of rotatable bonds is 4. The molecule has 0 radical (unpaired) electrons. The number of halogens is 2. The van der Waals surface area contributed by atoms with Crippen molar-refractivity contribution in [1.29, 1.82) is 0 Å². The van der Waals surface area contributed by atoms with Crippen molar-refractivity contribution < 1.29 is 12.8 Å². The first kappa shape index (κ1) is 20.8. The Morgan fingerprint density at radius 3 is 2.35 bits per heavy atom. The molecule has 0 amide bonds. The summed E-state index contributed by atoms with van der Waals surface area (Å²) in [5.74, 6) is -0.540. The summed E-state index contributed by atoms with van der Waals surface area (Å²) in [6, 6.07) is 5.18. The van der Waals surface area contributed by atoms with Crippen LogP contribution in [0.2, 0.25) is 0 Å². The van der Waals surface area contributed by atoms with E-state index < -0.39 is 15.8 Å². The molecule has 0 N–H and O–H groups in total. The van der Waals surface area contributed by atoms with Gasteiger partial charge in [0, 0.05) is 51.0 Å². The molecular weight excluding hydrogens is 379 g/mol. The van der Waals surface area contributed by atoms with Gasteiger partial charge in [0.1, 0.15) is 5.82 Å². The van der Waals surface area contributed by atoms with Crippen LogP contribution in [0.15, 0.2) is 29.2 Å². The normalized spacial score (nSPS) is 16.5. The monoisotopic (exact) mass is 402 g/mol. The zero-order chi connectivity index (χ0) is 18.2. The quantitative estimate of drug-likeness (QED) is 0.785. The van der Waals surface area contributed by atoms with Crippen LogP contribution in [0, 0.1) is 19.7 Å². The van der Waals surface area contributed by atoms with Crippen molar-refractivity contribution in [2.75, 3.05) is 26.2 Å². The van der Waals surface area contributed by atoms with E-state index in [9.17, 15) is 12.8 Å². The molecule has 26 heavy (non-hydrogen) atoms. The third kappa shape index (κ3) is 4.09. The minimum atomic E-state index is -3.64. The smallest absolute Gasteiger partial charge is 0.243 e. The first-order chi connectivity index (χ1) is 11.8. The lowest BCUT2D eigenvalue weighted by Crippen LogP contribution is -2.48. The van der Waals surface area contributed by atoms with E-state index in [0.29, 0.717) is 26.2 Å². The molecule has 1 fully saturated rings. The van der Waals surface area contributed by atoms with E-state index in [1.54, 1.807) is 0 Å². The number of nitrogens with zero attached hydrogens (tertiary/aromatic N) is 4. The van der Waals surface area contributed by atoms with Gasteiger partial charge >= 0.3 is 0 Å². The van der Waals surface area contributed by atoms with E-state index in [-0.39, 0.29) is 17.3 Å². The predicted molar refractivity (Wildman–Crippen MR) is 100 cm³/mol. The van der Waals surface area contributed by atoms with Crippen LogP contribution < -0.4 is 0 Å². The van der Waals surface area contributed by atoms with Gasteiger partial charge in [-0.3, -0.25) is 9.58 Å². The summed E-state index contributed by atoms with van der Waals surface area (Å²) < 4.78 is 41.9. The number of aryl methyl sites for hydroxylation is 2. The fourth-order valence-electron chi connectivity index (χ4n) is 3.17. The summed E-state index contributed by atoms with van der Waals surface area (Å²) >= 11 is 0. The van der Waals surface area contributed by atoms with Crippen molar-refractivity contribution >= 4 is 22.4 Å². The maximum atomic E-state index is 13.3. The van der Waals surface area contributed by atoms with Gasteiger partial charge in [-0.2, -0.15) is 9.40 Å². The summed E-state index contributed by atoms with van der Waals surface area (Å²) in [5, 5.41) is 4.43. The topological polar surface area (TPSA) is 58.4 Å². The minimum Gasteiger partial charge on any atom is -0.296 e. The van der Waals surface area contributed by atoms with Gasteiger partial charge in [-0.05, 0) is 32.0 Å². The Morgan fingerprint density at radius 1 is 1.15 bits per heavy atom. The molecular formula is C17H24ClFN4O2S. The highest BCUT2D eigenvalue weighted by atomic mass is 35.5. The first-order valence-corrected chi connectivity index (χ1v) is 9.70. The summed E-state index contributed by atoms with van der Waals surface area (Å²) in [6.45, 7) is 6.88. The molecule has 6 nitrogen and oxygen atoms in total. The standard InChI is InChI=1S/C17H23FN4O2S.ClH/c1-13-17(14(2)20(3)19-13)12-21-7-9-22(10-8-21)25(23,24)16-6-4-5-15(18)11-16;/h4-6,11H,7-10,12H2,1-3H3;1H. The molecule has 0 aliphatic carbocycles. The Kier molecular flexibility index (Phi) is 6.44. The van der Waals surface area contributed by atoms with Crippen LogP contribution in [-0.4, -0.2) is 53.6 Å². The Hall–Kier alpha value is -1.48. The Balaban J connectivity index is 0.00000243. The summed E-state index contributed by atoms with van der Waals surface area (Å²) in [6.07, 6.45) is 0. The van der Waals surface area contributed by atoms with Gasteiger partial charge in [0.05, 0.1) is 10.6 Å². The number of piperazine rings is 1. The molecule has 1 aromatic carbocycles. The maximum absolute atomic E-state index is 13.3. The summed E-state index contributed by atoms with van der Waals surface area (Å²) in [5.41, 5.74) is 3.34. The lowest BCUT2D eigenvalue weighted by atomic mass is 10.1. The fraction of sp³-hybridized carbons (Fsp3) is 0.471. The second-order valence-corrected chi connectivity index (χ2v) is 8.35. The van der Waals surface area contributed by atoms with Crippen molar-refractivity contribution in [1.82, 2.24) is 19.0 Å². The maximum Gasteiger partial charge on any atom is 0.243 e. The van der Waals surface area contributed by atoms with Crippen LogP contribution in [0.5, 0.6) is 0 Å². The number of sulfonamides is 1. The van der Waals surface area contributed by atoms with Crippen molar-refractivity contribution in [3.8, 4) is 0 Å². The molecule has 2 heterocycles. The lowest BCUT2D eigenvalue weighted by Gasteiger charge is -2.34. The zero-order valence-corrected chi connectivity index (χ0v) is 16.8. The Morgan fingerprint density at radius 2 is 1.81 bits per heavy atom. The molecule has 3 rings (SSSR count). The second kappa shape index (κ2) is 8.04. The Bertz CT molecular complexity index is 877. The number of aromatic nitrogens is 2. The number of hydrogen-bond acceptors (Lipinski definition) is 4. The van der Waals surface area contributed by atoms with Crippen molar-refractivity contribution in [3.63, 3.8) is 0 Å². The first-order valence-electron chi connectivity index (χ1n) is 8.26. The largest absolute Gasteiger partial charge is 0.296 e. The van der Waals surface area contributed by atoms with E-state index in [4.69, 9.17) is 0 Å². The van der Waals surface area contributed by atoms with Crippen LogP contribution in [0.3, 0.4) is 0 Å². The van der Waals surface area contributed by atoms with Gasteiger partial charge < -0.3 is 0 Å². The third-order valence-corrected chi connectivity index (χ3v) is 6.70. The number of hydrogen-bond donors (Lipinski definition) is 0. The molecule has 2 aromatic rings. The van der Waals surface area contributed by atoms with Crippen molar-refractivity contribution in [2.45, 2.75) is 25.3 Å². The number of benzene rings is 1. The molecule has 1 saturated heterocycles. The average molecular weight is 403 g/mol. The van der Waals surface area contributed by atoms with Gasteiger partial charge in [-0.25, -0.2) is 12.8 Å². The van der Waals surface area contributed by atoms with Crippen LogP contribution in [0.25, 0.3) is 0 Å². The van der Waals surface area contributed by atoms with Gasteiger partial charge in [0.15, 0.2) is 0 Å². The summed E-state index contributed by atoms with van der Waals surface area (Å²) in [4.78, 5) is 2.24. The molecule has 0 bridgehead atoms. The SMILES string of the molecule is Cc1nn(C)c(C)c1CN1CCN(S(=O)(=O)c2cccc(F)c2)CC1.Cl. The molecule has 0 atom stereocenters. The highest BCUT2D eigenvalue weighted by Gasteiger charge is 2.29. The molecule has 0 saturated carbocycles. The van der Waals surface area contributed by atoms with Crippen LogP contribution in [0.1, 0.15) is 17.0 Å².